The van der Waals surface area contributed by atoms with Crippen LogP contribution < -0.4 is 9.84 Å². The Morgan fingerprint density at radius 1 is 1.25 bits per heavy atom. The first-order chi connectivity index (χ1) is 11.6. The summed E-state index contributed by atoms with van der Waals surface area (Å²) in [5, 5.41) is 20.9. The second-order valence-corrected chi connectivity index (χ2v) is 6.61. The molecule has 3 rings (SSSR count). The summed E-state index contributed by atoms with van der Waals surface area (Å²) in [6, 6.07) is 13.9. The molecule has 7 heteroatoms. The topological polar surface area (TPSA) is 80.1 Å². The van der Waals surface area contributed by atoms with Crippen LogP contribution in [0.2, 0.25) is 0 Å². The van der Waals surface area contributed by atoms with Crippen molar-refractivity contribution in [3.05, 3.63) is 48.3 Å². The minimum Gasteiger partial charge on any atom is -0.549 e. The van der Waals surface area contributed by atoms with Gasteiger partial charge >= 0.3 is 0 Å². The zero-order chi connectivity index (χ0) is 17.1. The molecule has 0 aliphatic heterocycles. The molecule has 0 spiro atoms. The highest BCUT2D eigenvalue weighted by Gasteiger charge is 2.14. The number of thioether (sulfide) groups is 1. The van der Waals surface area contributed by atoms with Crippen molar-refractivity contribution in [2.24, 2.45) is 7.05 Å². The number of carboxylic acid groups (broad SMARTS) is 1. The van der Waals surface area contributed by atoms with Crippen molar-refractivity contribution in [2.45, 2.75) is 23.9 Å². The molecule has 0 saturated carbocycles. The highest BCUT2D eigenvalue weighted by atomic mass is 32.2. The van der Waals surface area contributed by atoms with E-state index in [4.69, 9.17) is 4.74 Å². The normalized spacial score (nSPS) is 12.2. The molecule has 0 aliphatic carbocycles. The van der Waals surface area contributed by atoms with E-state index in [0.29, 0.717) is 11.0 Å². The third-order valence-electron chi connectivity index (χ3n) is 3.65. The Kier molecular flexibility index (Phi) is 4.71. The summed E-state index contributed by atoms with van der Waals surface area (Å²) in [5.41, 5.74) is 0. The Morgan fingerprint density at radius 3 is 2.79 bits per heavy atom. The summed E-state index contributed by atoms with van der Waals surface area (Å²) in [6.45, 7) is 1.80. The Hall–Kier alpha value is -2.54. The molecule has 1 atom stereocenters. The first-order valence-corrected chi connectivity index (χ1v) is 8.30. The molecule has 0 amide bonds. The quantitative estimate of drug-likeness (QED) is 0.635. The monoisotopic (exact) mass is 342 g/mol. The van der Waals surface area contributed by atoms with E-state index in [1.165, 1.54) is 0 Å². The fourth-order valence-corrected chi connectivity index (χ4v) is 3.01. The van der Waals surface area contributed by atoms with Gasteiger partial charge in [0.05, 0.1) is 5.97 Å². The summed E-state index contributed by atoms with van der Waals surface area (Å²) in [7, 11) is 1.78. The van der Waals surface area contributed by atoms with Crippen molar-refractivity contribution >= 4 is 28.5 Å². The minimum absolute atomic E-state index is 0.248. The number of carbonyl (C=O) groups is 1. The van der Waals surface area contributed by atoms with Gasteiger partial charge in [-0.1, -0.05) is 48.2 Å². The lowest BCUT2D eigenvalue weighted by Gasteiger charge is -2.12. The Bertz CT molecular complexity index is 873. The van der Waals surface area contributed by atoms with Crippen LogP contribution in [0.3, 0.4) is 0 Å². The van der Waals surface area contributed by atoms with Gasteiger partial charge in [0, 0.05) is 17.7 Å². The molecule has 0 N–H and O–H groups in total. The summed E-state index contributed by atoms with van der Waals surface area (Å²) < 4.78 is 7.62. The van der Waals surface area contributed by atoms with E-state index in [1.54, 1.807) is 18.5 Å². The second kappa shape index (κ2) is 6.92. The van der Waals surface area contributed by atoms with Gasteiger partial charge in [0.1, 0.15) is 12.4 Å². The van der Waals surface area contributed by atoms with Crippen LogP contribution >= 0.6 is 11.8 Å². The van der Waals surface area contributed by atoms with Crippen molar-refractivity contribution in [3.8, 4) is 5.75 Å². The van der Waals surface area contributed by atoms with Crippen LogP contribution in [-0.4, -0.2) is 26.0 Å². The number of hydrogen-bond acceptors (Lipinski definition) is 6. The molecule has 24 heavy (non-hydrogen) atoms. The standard InChI is InChI=1S/C17H17N3O3S/c1-11(16(21)22)24-17-19-18-15(20(17)2)10-23-14-9-5-7-12-6-3-4-8-13(12)14/h3-9,11H,10H2,1-2H3,(H,21,22)/p-1/t11-/m1/s1. The molecular formula is C17H16N3O3S-. The summed E-state index contributed by atoms with van der Waals surface area (Å²) in [5.74, 6) is 0.265. The van der Waals surface area contributed by atoms with Gasteiger partial charge in [-0.3, -0.25) is 0 Å². The second-order valence-electron chi connectivity index (χ2n) is 5.30. The molecule has 3 aromatic rings. The largest absolute Gasteiger partial charge is 0.549 e. The van der Waals surface area contributed by atoms with Crippen LogP contribution in [-0.2, 0) is 18.4 Å². The van der Waals surface area contributed by atoms with Gasteiger partial charge in [-0.05, 0) is 18.4 Å². The highest BCUT2D eigenvalue weighted by molar-refractivity contribution is 8.00. The predicted molar refractivity (Wildman–Crippen MR) is 89.6 cm³/mol. The maximum Gasteiger partial charge on any atom is 0.191 e. The van der Waals surface area contributed by atoms with Gasteiger partial charge in [-0.15, -0.1) is 10.2 Å². The lowest BCUT2D eigenvalue weighted by atomic mass is 10.1. The van der Waals surface area contributed by atoms with Crippen molar-refractivity contribution in [1.82, 2.24) is 14.8 Å². The third-order valence-corrected chi connectivity index (χ3v) is 4.76. The molecule has 0 unspecified atom stereocenters. The van der Waals surface area contributed by atoms with Gasteiger partial charge in [0.2, 0.25) is 0 Å². The highest BCUT2D eigenvalue weighted by Crippen LogP contribution is 2.26. The van der Waals surface area contributed by atoms with E-state index in [-0.39, 0.29) is 6.61 Å². The molecule has 0 aliphatic rings. The number of rotatable bonds is 6. The van der Waals surface area contributed by atoms with E-state index < -0.39 is 11.2 Å². The maximum absolute atomic E-state index is 10.8. The van der Waals surface area contributed by atoms with Crippen molar-refractivity contribution in [2.75, 3.05) is 0 Å². The molecule has 124 valence electrons. The first kappa shape index (κ1) is 16.3. The van der Waals surface area contributed by atoms with E-state index in [9.17, 15) is 9.90 Å². The average molecular weight is 342 g/mol. The van der Waals surface area contributed by atoms with Gasteiger partial charge in [0.25, 0.3) is 0 Å². The number of carbonyl (C=O) groups excluding carboxylic acids is 1. The van der Waals surface area contributed by atoms with Crippen molar-refractivity contribution in [3.63, 3.8) is 0 Å². The molecule has 0 saturated heterocycles. The number of aromatic nitrogens is 3. The minimum atomic E-state index is -1.13. The number of carboxylic acids is 1. The molecule has 6 nitrogen and oxygen atoms in total. The number of nitrogens with zero attached hydrogens (tertiary/aromatic N) is 3. The fraction of sp³-hybridized carbons (Fsp3) is 0.235. The molecule has 0 fully saturated rings. The van der Waals surface area contributed by atoms with Gasteiger partial charge < -0.3 is 19.2 Å². The van der Waals surface area contributed by atoms with Crippen LogP contribution in [0.4, 0.5) is 0 Å². The first-order valence-electron chi connectivity index (χ1n) is 7.42. The summed E-state index contributed by atoms with van der Waals surface area (Å²) in [4.78, 5) is 10.8. The average Bonchev–Trinajstić information content (AvgIpc) is 2.93. The van der Waals surface area contributed by atoms with E-state index in [2.05, 4.69) is 10.2 Å². The molecule has 1 heterocycles. The number of hydrogen-bond donors (Lipinski definition) is 0. The third kappa shape index (κ3) is 3.35. The molecule has 1 aromatic heterocycles. The number of aliphatic carboxylic acids is 1. The van der Waals surface area contributed by atoms with Crippen LogP contribution in [0.15, 0.2) is 47.6 Å². The van der Waals surface area contributed by atoms with Gasteiger partial charge in [0.15, 0.2) is 11.0 Å². The number of benzene rings is 2. The predicted octanol–water partition coefficient (Wildman–Crippen LogP) is 1.78. The lowest BCUT2D eigenvalue weighted by Crippen LogP contribution is -2.31. The molecule has 0 radical (unpaired) electrons. The van der Waals surface area contributed by atoms with Crippen molar-refractivity contribution < 1.29 is 14.6 Å². The van der Waals surface area contributed by atoms with E-state index in [0.717, 1.165) is 28.3 Å². The number of fused-ring (bicyclic) bond motifs is 1. The van der Waals surface area contributed by atoms with E-state index >= 15 is 0 Å². The zero-order valence-corrected chi connectivity index (χ0v) is 14.1. The smallest absolute Gasteiger partial charge is 0.191 e. The molecular weight excluding hydrogens is 326 g/mol. The van der Waals surface area contributed by atoms with Gasteiger partial charge in [-0.25, -0.2) is 0 Å². The summed E-state index contributed by atoms with van der Waals surface area (Å²) >= 11 is 1.10. The van der Waals surface area contributed by atoms with E-state index in [1.807, 2.05) is 42.5 Å². The molecule has 0 bridgehead atoms. The summed E-state index contributed by atoms with van der Waals surface area (Å²) in [6.07, 6.45) is 0. The van der Waals surface area contributed by atoms with Crippen LogP contribution in [0.25, 0.3) is 10.8 Å². The van der Waals surface area contributed by atoms with Crippen molar-refractivity contribution in [1.29, 1.82) is 0 Å². The zero-order valence-electron chi connectivity index (χ0n) is 13.3. The van der Waals surface area contributed by atoms with Gasteiger partial charge in [-0.2, -0.15) is 0 Å². The molecule has 2 aromatic carbocycles. The van der Waals surface area contributed by atoms with Crippen LogP contribution in [0, 0.1) is 0 Å². The van der Waals surface area contributed by atoms with Crippen LogP contribution in [0.5, 0.6) is 5.75 Å². The Labute approximate surface area is 143 Å². The maximum atomic E-state index is 10.8. The SMILES string of the molecule is C[C@@H](Sc1nnc(COc2cccc3ccccc23)n1C)C(=O)[O-]. The Balaban J connectivity index is 1.75. The van der Waals surface area contributed by atoms with Crippen LogP contribution in [0.1, 0.15) is 12.7 Å². The Morgan fingerprint density at radius 2 is 2.00 bits per heavy atom. The lowest BCUT2D eigenvalue weighted by molar-refractivity contribution is -0.304. The fourth-order valence-electron chi connectivity index (χ4n) is 2.24. The number of ether oxygens (including phenoxy) is 1.